The van der Waals surface area contributed by atoms with Crippen molar-refractivity contribution in [3.63, 3.8) is 0 Å². The van der Waals surface area contributed by atoms with E-state index in [2.05, 4.69) is 41.9 Å². The van der Waals surface area contributed by atoms with Crippen molar-refractivity contribution >= 4 is 27.1 Å². The SMILES string of the molecule is Cc1cccc(Cn2c3ncnc4c(ncn4Cc4ccccc4Br)c-3nc2=O)c1. The number of aromatic nitrogens is 6. The monoisotopic (exact) mass is 460 g/mol. The minimum atomic E-state index is -0.341. The van der Waals surface area contributed by atoms with E-state index < -0.39 is 0 Å². The first-order valence-electron chi connectivity index (χ1n) is 9.45. The Morgan fingerprint density at radius 2 is 1.87 bits per heavy atom. The molecule has 30 heavy (non-hydrogen) atoms. The van der Waals surface area contributed by atoms with E-state index in [1.165, 1.54) is 6.33 Å². The van der Waals surface area contributed by atoms with Crippen LogP contribution in [-0.2, 0) is 13.1 Å². The molecule has 148 valence electrons. The number of imidazole rings is 2. The molecule has 0 atom stereocenters. The number of aryl methyl sites for hydroxylation is 1. The standard InChI is InChI=1S/C22H17BrN6O/c1-14-5-4-6-15(9-14)10-29-21-19(27-22(29)30)18-20(24-12-25-21)28(13-26-18)11-16-7-2-3-8-17(16)23/h2-9,12-13H,10-11H2,1H3. The zero-order chi connectivity index (χ0) is 20.7. The molecular formula is C22H17BrN6O. The van der Waals surface area contributed by atoms with Gasteiger partial charge in [0.2, 0.25) is 0 Å². The molecule has 2 aliphatic rings. The van der Waals surface area contributed by atoms with Crippen LogP contribution in [0.5, 0.6) is 0 Å². The maximum absolute atomic E-state index is 12.7. The number of hydrogen-bond donors (Lipinski definition) is 0. The van der Waals surface area contributed by atoms with Gasteiger partial charge in [-0.3, -0.25) is 4.57 Å². The summed E-state index contributed by atoms with van der Waals surface area (Å²) < 4.78 is 4.51. The van der Waals surface area contributed by atoms with E-state index in [1.54, 1.807) is 10.9 Å². The highest BCUT2D eigenvalue weighted by Gasteiger charge is 2.21. The van der Waals surface area contributed by atoms with Crippen LogP contribution >= 0.6 is 15.9 Å². The summed E-state index contributed by atoms with van der Waals surface area (Å²) in [6.45, 7) is 3.01. The molecule has 8 heteroatoms. The van der Waals surface area contributed by atoms with Crippen LogP contribution in [0.4, 0.5) is 0 Å². The fourth-order valence-corrected chi connectivity index (χ4v) is 4.00. The van der Waals surface area contributed by atoms with E-state index >= 15 is 0 Å². The zero-order valence-electron chi connectivity index (χ0n) is 16.2. The molecule has 0 amide bonds. The van der Waals surface area contributed by atoms with Crippen molar-refractivity contribution < 1.29 is 0 Å². The fourth-order valence-electron chi connectivity index (χ4n) is 3.59. The lowest BCUT2D eigenvalue weighted by atomic mass is 10.1. The number of rotatable bonds is 4. The van der Waals surface area contributed by atoms with E-state index in [0.717, 1.165) is 21.2 Å². The Kier molecular flexibility index (Phi) is 4.63. The minimum Gasteiger partial charge on any atom is -0.311 e. The summed E-state index contributed by atoms with van der Waals surface area (Å²) in [5, 5.41) is 0. The molecule has 3 aromatic rings. The van der Waals surface area contributed by atoms with E-state index in [9.17, 15) is 4.79 Å². The summed E-state index contributed by atoms with van der Waals surface area (Å²) in [5.41, 5.74) is 4.57. The van der Waals surface area contributed by atoms with Crippen LogP contribution in [0, 0.1) is 6.92 Å². The van der Waals surface area contributed by atoms with Gasteiger partial charge in [0.05, 0.1) is 19.4 Å². The summed E-state index contributed by atoms with van der Waals surface area (Å²) in [5.74, 6) is 0.482. The Bertz CT molecular complexity index is 1410. The molecule has 0 N–H and O–H groups in total. The number of benzene rings is 2. The second-order valence-corrected chi connectivity index (χ2v) is 8.01. The molecule has 0 spiro atoms. The third kappa shape index (κ3) is 3.29. The van der Waals surface area contributed by atoms with Crippen molar-refractivity contribution in [3.05, 3.63) is 92.8 Å². The Labute approximate surface area is 180 Å². The first-order chi connectivity index (χ1) is 14.6. The molecular weight excluding hydrogens is 444 g/mol. The molecule has 0 fully saturated rings. The Balaban J connectivity index is 1.59. The third-order valence-electron chi connectivity index (χ3n) is 5.02. The summed E-state index contributed by atoms with van der Waals surface area (Å²) >= 11 is 3.58. The van der Waals surface area contributed by atoms with Crippen LogP contribution in [0.2, 0.25) is 0 Å². The molecule has 5 rings (SSSR count). The highest BCUT2D eigenvalue weighted by molar-refractivity contribution is 9.10. The van der Waals surface area contributed by atoms with Gasteiger partial charge in [0.25, 0.3) is 0 Å². The van der Waals surface area contributed by atoms with Crippen molar-refractivity contribution in [2.75, 3.05) is 0 Å². The number of halogens is 1. The molecule has 0 radical (unpaired) electrons. The maximum Gasteiger partial charge on any atom is 0.350 e. The summed E-state index contributed by atoms with van der Waals surface area (Å²) in [6.07, 6.45) is 3.19. The average Bonchev–Trinajstić information content (AvgIpc) is 3.19. The lowest BCUT2D eigenvalue weighted by molar-refractivity contribution is 0.757. The van der Waals surface area contributed by atoms with E-state index in [4.69, 9.17) is 0 Å². The van der Waals surface area contributed by atoms with Gasteiger partial charge in [-0.25, -0.2) is 19.7 Å². The molecule has 1 aromatic heterocycles. The van der Waals surface area contributed by atoms with Crippen LogP contribution in [0.1, 0.15) is 16.7 Å². The first kappa shape index (κ1) is 18.6. The quantitative estimate of drug-likeness (QED) is 0.408. The van der Waals surface area contributed by atoms with Crippen LogP contribution in [0.15, 0.2) is 70.5 Å². The van der Waals surface area contributed by atoms with Crippen LogP contribution < -0.4 is 5.69 Å². The van der Waals surface area contributed by atoms with Crippen LogP contribution in [-0.4, -0.2) is 29.1 Å². The first-order valence-corrected chi connectivity index (χ1v) is 10.2. The van der Waals surface area contributed by atoms with Gasteiger partial charge in [-0.1, -0.05) is 64.0 Å². The van der Waals surface area contributed by atoms with Gasteiger partial charge in [0.15, 0.2) is 11.5 Å². The second kappa shape index (κ2) is 7.46. The maximum atomic E-state index is 12.7. The van der Waals surface area contributed by atoms with E-state index in [-0.39, 0.29) is 5.69 Å². The van der Waals surface area contributed by atoms with Gasteiger partial charge in [-0.2, -0.15) is 4.98 Å². The molecule has 2 aliphatic heterocycles. The van der Waals surface area contributed by atoms with Crippen LogP contribution in [0.25, 0.3) is 22.7 Å². The lowest BCUT2D eigenvalue weighted by Gasteiger charge is -2.05. The highest BCUT2D eigenvalue weighted by Crippen LogP contribution is 2.25. The second-order valence-electron chi connectivity index (χ2n) is 7.15. The van der Waals surface area contributed by atoms with Crippen molar-refractivity contribution in [1.29, 1.82) is 0 Å². The summed E-state index contributed by atoms with van der Waals surface area (Å²) in [7, 11) is 0. The normalized spacial score (nSPS) is 11.4. The van der Waals surface area contributed by atoms with Gasteiger partial charge in [-0.05, 0) is 24.1 Å². The molecule has 0 saturated carbocycles. The molecule has 3 heterocycles. The smallest absolute Gasteiger partial charge is 0.311 e. The predicted octanol–water partition coefficient (Wildman–Crippen LogP) is 3.66. The third-order valence-corrected chi connectivity index (χ3v) is 5.80. The Morgan fingerprint density at radius 3 is 2.70 bits per heavy atom. The molecule has 0 aliphatic carbocycles. The van der Waals surface area contributed by atoms with Gasteiger partial charge >= 0.3 is 5.69 Å². The molecule has 2 aromatic carbocycles. The zero-order valence-corrected chi connectivity index (χ0v) is 17.7. The minimum absolute atomic E-state index is 0.341. The summed E-state index contributed by atoms with van der Waals surface area (Å²) in [6, 6.07) is 16.0. The van der Waals surface area contributed by atoms with Gasteiger partial charge < -0.3 is 4.57 Å². The van der Waals surface area contributed by atoms with Gasteiger partial charge in [0, 0.05) is 4.47 Å². The lowest BCUT2D eigenvalue weighted by Crippen LogP contribution is -2.17. The van der Waals surface area contributed by atoms with Crippen molar-refractivity contribution in [2.45, 2.75) is 20.0 Å². The molecule has 0 saturated heterocycles. The summed E-state index contributed by atoms with van der Waals surface area (Å²) in [4.78, 5) is 30.4. The van der Waals surface area contributed by atoms with E-state index in [0.29, 0.717) is 35.8 Å². The molecule has 0 bridgehead atoms. The predicted molar refractivity (Wildman–Crippen MR) is 118 cm³/mol. The largest absolute Gasteiger partial charge is 0.350 e. The van der Waals surface area contributed by atoms with Gasteiger partial charge in [0.1, 0.15) is 17.5 Å². The topological polar surface area (TPSA) is 78.5 Å². The van der Waals surface area contributed by atoms with Gasteiger partial charge in [-0.15, -0.1) is 0 Å². The van der Waals surface area contributed by atoms with Crippen LogP contribution in [0.3, 0.4) is 0 Å². The Morgan fingerprint density at radius 1 is 1.00 bits per heavy atom. The number of nitrogens with zero attached hydrogens (tertiary/aromatic N) is 6. The fraction of sp³-hybridized carbons (Fsp3) is 0.136. The van der Waals surface area contributed by atoms with Crippen molar-refractivity contribution in [1.82, 2.24) is 29.1 Å². The molecule has 0 unspecified atom stereocenters. The Hall–Kier alpha value is -3.39. The van der Waals surface area contributed by atoms with Crippen molar-refractivity contribution in [2.24, 2.45) is 0 Å². The van der Waals surface area contributed by atoms with Crippen molar-refractivity contribution in [3.8, 4) is 11.5 Å². The highest BCUT2D eigenvalue weighted by atomic mass is 79.9. The number of fused-ring (bicyclic) bond motifs is 3. The number of hydrogen-bond acceptors (Lipinski definition) is 5. The average molecular weight is 461 g/mol. The molecule has 7 nitrogen and oxygen atoms in total. The van der Waals surface area contributed by atoms with E-state index in [1.807, 2.05) is 54.0 Å².